The number of alkyl halides is 3. The summed E-state index contributed by atoms with van der Waals surface area (Å²) in [6, 6.07) is 16.5. The van der Waals surface area contributed by atoms with Gasteiger partial charge in [0.15, 0.2) is 11.5 Å². The number of urea groups is 1. The third-order valence-electron chi connectivity index (χ3n) is 8.15. The van der Waals surface area contributed by atoms with Crippen molar-refractivity contribution in [2.75, 3.05) is 33.1 Å². The number of fused-ring (bicyclic) bond motifs is 2. The number of likely N-dealkylation sites (tertiary alicyclic amines) is 1. The van der Waals surface area contributed by atoms with Crippen LogP contribution in [0.2, 0.25) is 0 Å². The molecule has 3 unspecified atom stereocenters. The predicted octanol–water partition coefficient (Wildman–Crippen LogP) is 5.51. The molecule has 3 atom stereocenters. The van der Waals surface area contributed by atoms with E-state index in [1.54, 1.807) is 14.2 Å². The van der Waals surface area contributed by atoms with E-state index < -0.39 is 12.1 Å². The average molecular weight is 589 g/mol. The highest BCUT2D eigenvalue weighted by molar-refractivity contribution is 5.92. The van der Waals surface area contributed by atoms with Crippen LogP contribution in [0.3, 0.4) is 0 Å². The molecule has 0 radical (unpaired) electrons. The van der Waals surface area contributed by atoms with Gasteiger partial charge in [-0.2, -0.15) is 13.2 Å². The molecule has 1 aliphatic heterocycles. The predicted molar refractivity (Wildman–Crippen MR) is 152 cm³/mol. The van der Waals surface area contributed by atoms with Gasteiger partial charge in [0.05, 0.1) is 19.7 Å². The van der Waals surface area contributed by atoms with E-state index in [-0.39, 0.29) is 17.5 Å². The highest BCUT2D eigenvalue weighted by atomic mass is 19.4. The smallest absolute Gasteiger partial charge is 0.490 e. The molecule has 2 aromatic carbocycles. The first kappa shape index (κ1) is 30.9. The summed E-state index contributed by atoms with van der Waals surface area (Å²) < 4.78 is 42.8. The Balaban J connectivity index is 0.000000517. The topological polar surface area (TPSA) is 113 Å². The molecule has 1 saturated carbocycles. The van der Waals surface area contributed by atoms with Gasteiger partial charge in [-0.1, -0.05) is 12.1 Å². The summed E-state index contributed by atoms with van der Waals surface area (Å²) in [6.07, 6.45) is -1.11. The quantitative estimate of drug-likeness (QED) is 0.360. The van der Waals surface area contributed by atoms with E-state index in [1.165, 1.54) is 5.56 Å². The molecule has 2 heterocycles. The van der Waals surface area contributed by atoms with Crippen molar-refractivity contribution in [2.45, 2.75) is 56.3 Å². The minimum absolute atomic E-state index is 0.0619. The molecule has 1 aromatic heterocycles. The number of carbonyl (C=O) groups is 2. The lowest BCUT2D eigenvalue weighted by atomic mass is 9.65. The SMILES string of the molecule is COc1ccc(C23CCC(NC(=O)Nc4ccc5nc(C)ccc5c4)CC2N(C)CC3)cc1OC.O=C(O)C(F)(F)F. The Labute approximate surface area is 242 Å². The molecule has 2 aliphatic rings. The first-order valence-corrected chi connectivity index (χ1v) is 13.5. The standard InChI is InChI=1S/C28H34N4O3.C2HF3O2/c1-18-5-6-19-15-21(8-9-23(19)29-18)30-27(33)31-22-11-12-28(13-14-32(2)26(28)17-22)20-7-10-24(34-3)25(16-20)35-4;3-2(4,5)1(6)7/h5-10,15-16,22,26H,11-14,17H2,1-4H3,(H2,30,31,33);(H,6,7). The van der Waals surface area contributed by atoms with Crippen LogP contribution in [-0.4, -0.2) is 73.1 Å². The Morgan fingerprint density at radius 3 is 2.43 bits per heavy atom. The molecule has 0 spiro atoms. The highest BCUT2D eigenvalue weighted by Crippen LogP contribution is 2.49. The zero-order valence-corrected chi connectivity index (χ0v) is 23.9. The van der Waals surface area contributed by atoms with Crippen molar-refractivity contribution < 1.29 is 37.3 Å². The third-order valence-corrected chi connectivity index (χ3v) is 8.15. The second-order valence-corrected chi connectivity index (χ2v) is 10.7. The van der Waals surface area contributed by atoms with Crippen LogP contribution < -0.4 is 20.1 Å². The Kier molecular flexibility index (Phi) is 9.15. The second kappa shape index (κ2) is 12.4. The molecule has 3 aromatic rings. The van der Waals surface area contributed by atoms with E-state index in [4.69, 9.17) is 19.4 Å². The van der Waals surface area contributed by atoms with Crippen LogP contribution in [0.4, 0.5) is 23.7 Å². The van der Waals surface area contributed by atoms with Gasteiger partial charge in [-0.25, -0.2) is 9.59 Å². The van der Waals surface area contributed by atoms with Crippen molar-refractivity contribution in [3.05, 3.63) is 59.8 Å². The van der Waals surface area contributed by atoms with Crippen LogP contribution in [0.5, 0.6) is 11.5 Å². The van der Waals surface area contributed by atoms with Crippen LogP contribution in [-0.2, 0) is 10.2 Å². The fraction of sp³-hybridized carbons (Fsp3) is 0.433. The summed E-state index contributed by atoms with van der Waals surface area (Å²) >= 11 is 0. The number of anilines is 1. The lowest BCUT2D eigenvalue weighted by Gasteiger charge is -2.45. The summed E-state index contributed by atoms with van der Waals surface area (Å²) in [4.78, 5) is 28.7. The summed E-state index contributed by atoms with van der Waals surface area (Å²) in [6.45, 7) is 3.02. The molecule has 42 heavy (non-hydrogen) atoms. The second-order valence-electron chi connectivity index (χ2n) is 10.7. The Morgan fingerprint density at radius 1 is 1.05 bits per heavy atom. The number of ether oxygens (including phenoxy) is 2. The summed E-state index contributed by atoms with van der Waals surface area (Å²) in [5.74, 6) is -1.23. The zero-order chi connectivity index (χ0) is 30.7. The summed E-state index contributed by atoms with van der Waals surface area (Å²) in [5, 5.41) is 14.4. The summed E-state index contributed by atoms with van der Waals surface area (Å²) in [5.41, 5.74) is 4.04. The summed E-state index contributed by atoms with van der Waals surface area (Å²) in [7, 11) is 5.55. The molecule has 9 nitrogen and oxygen atoms in total. The molecule has 12 heteroatoms. The molecule has 2 fully saturated rings. The molecular formula is C30H35F3N4O5. The first-order valence-electron chi connectivity index (χ1n) is 13.5. The fourth-order valence-electron chi connectivity index (χ4n) is 6.05. The first-order chi connectivity index (χ1) is 19.9. The third kappa shape index (κ3) is 6.70. The molecule has 1 aliphatic carbocycles. The van der Waals surface area contributed by atoms with Crippen LogP contribution >= 0.6 is 0 Å². The number of methoxy groups -OCH3 is 2. The van der Waals surface area contributed by atoms with E-state index in [2.05, 4.69) is 39.7 Å². The Hall–Kier alpha value is -4.06. The van der Waals surface area contributed by atoms with Crippen LogP contribution in [0.25, 0.3) is 10.9 Å². The minimum Gasteiger partial charge on any atom is -0.493 e. The van der Waals surface area contributed by atoms with E-state index in [1.807, 2.05) is 43.3 Å². The monoisotopic (exact) mass is 588 g/mol. The van der Waals surface area contributed by atoms with Gasteiger partial charge in [0.25, 0.3) is 0 Å². The van der Waals surface area contributed by atoms with Gasteiger partial charge in [0, 0.05) is 34.3 Å². The average Bonchev–Trinajstić information content (AvgIpc) is 3.29. The van der Waals surface area contributed by atoms with Gasteiger partial charge >= 0.3 is 18.2 Å². The van der Waals surface area contributed by atoms with Gasteiger partial charge in [0.2, 0.25) is 0 Å². The molecule has 0 bridgehead atoms. The van der Waals surface area contributed by atoms with Crippen molar-refractivity contribution in [3.63, 3.8) is 0 Å². The van der Waals surface area contributed by atoms with E-state index in [0.29, 0.717) is 6.04 Å². The highest BCUT2D eigenvalue weighted by Gasteiger charge is 2.50. The number of halogens is 3. The number of hydrogen-bond donors (Lipinski definition) is 3. The zero-order valence-electron chi connectivity index (χ0n) is 23.9. The van der Waals surface area contributed by atoms with Crippen LogP contribution in [0.15, 0.2) is 48.5 Å². The number of carboxylic acid groups (broad SMARTS) is 1. The van der Waals surface area contributed by atoms with Crippen molar-refractivity contribution in [1.29, 1.82) is 0 Å². The van der Waals surface area contributed by atoms with Gasteiger partial charge < -0.3 is 30.1 Å². The molecule has 226 valence electrons. The number of aromatic nitrogens is 1. The number of aliphatic carboxylic acids is 1. The van der Waals surface area contributed by atoms with Crippen LogP contribution in [0, 0.1) is 6.92 Å². The Bertz CT molecular complexity index is 1450. The largest absolute Gasteiger partial charge is 0.493 e. The normalized spacial score (nSPS) is 22.0. The number of carbonyl (C=O) groups excluding carboxylic acids is 1. The number of nitrogens with one attached hydrogen (secondary N) is 2. The van der Waals surface area contributed by atoms with Gasteiger partial charge in [0.1, 0.15) is 0 Å². The fourth-order valence-corrected chi connectivity index (χ4v) is 6.05. The molecule has 3 N–H and O–H groups in total. The minimum atomic E-state index is -5.08. The van der Waals surface area contributed by atoms with Gasteiger partial charge in [-0.3, -0.25) is 4.98 Å². The Morgan fingerprint density at radius 2 is 1.76 bits per heavy atom. The number of amides is 2. The van der Waals surface area contributed by atoms with Crippen LogP contribution in [0.1, 0.15) is 36.9 Å². The maximum absolute atomic E-state index is 12.9. The number of aryl methyl sites for hydroxylation is 1. The van der Waals surface area contributed by atoms with E-state index in [9.17, 15) is 18.0 Å². The number of rotatable bonds is 5. The number of nitrogens with zero attached hydrogens (tertiary/aromatic N) is 2. The maximum atomic E-state index is 12.9. The molecule has 2 amide bonds. The van der Waals surface area contributed by atoms with Crippen molar-refractivity contribution >= 4 is 28.6 Å². The van der Waals surface area contributed by atoms with Gasteiger partial charge in [-0.15, -0.1) is 0 Å². The number of hydrogen-bond acceptors (Lipinski definition) is 6. The van der Waals surface area contributed by atoms with E-state index in [0.717, 1.165) is 66.0 Å². The molecular weight excluding hydrogens is 553 g/mol. The number of benzene rings is 2. The number of carboxylic acids is 1. The number of likely N-dealkylation sites (N-methyl/N-ethyl adjacent to an activating group) is 1. The van der Waals surface area contributed by atoms with Crippen molar-refractivity contribution in [1.82, 2.24) is 15.2 Å². The molecule has 1 saturated heterocycles. The lowest BCUT2D eigenvalue weighted by Crippen LogP contribution is -2.52. The van der Waals surface area contributed by atoms with E-state index >= 15 is 0 Å². The molecule has 5 rings (SSSR count). The maximum Gasteiger partial charge on any atom is 0.490 e. The van der Waals surface area contributed by atoms with Crippen molar-refractivity contribution in [2.24, 2.45) is 0 Å². The van der Waals surface area contributed by atoms with Crippen molar-refractivity contribution in [3.8, 4) is 11.5 Å². The lowest BCUT2D eigenvalue weighted by molar-refractivity contribution is -0.192. The van der Waals surface area contributed by atoms with Gasteiger partial charge in [-0.05, 0) is 88.2 Å². The number of pyridine rings is 1.